The van der Waals surface area contributed by atoms with E-state index in [2.05, 4.69) is 13.8 Å². The Labute approximate surface area is 114 Å². The van der Waals surface area contributed by atoms with Crippen LogP contribution in [0.4, 0.5) is 0 Å². The molecule has 104 valence electrons. The largest absolute Gasteiger partial charge is 0.493 e. The molecule has 1 aliphatic heterocycles. The highest BCUT2D eigenvalue weighted by molar-refractivity contribution is 5.93. The minimum absolute atomic E-state index is 0.0882. The molecular weight excluding hydrogens is 242 g/mol. The van der Waals surface area contributed by atoms with Gasteiger partial charge < -0.3 is 4.74 Å². The van der Waals surface area contributed by atoms with Crippen molar-refractivity contribution in [3.8, 4) is 5.75 Å². The number of benzene rings is 1. The zero-order chi connectivity index (χ0) is 13.7. The lowest BCUT2D eigenvalue weighted by molar-refractivity contribution is -0.144. The molecule has 2 rings (SSSR count). The van der Waals surface area contributed by atoms with Gasteiger partial charge in [-0.05, 0) is 37.0 Å². The first-order valence-electron chi connectivity index (χ1n) is 6.84. The van der Waals surface area contributed by atoms with E-state index in [1.807, 2.05) is 12.1 Å². The maximum atomic E-state index is 12.2. The molecule has 1 fully saturated rings. The second kappa shape index (κ2) is 6.57. The summed E-state index contributed by atoms with van der Waals surface area (Å²) in [6, 6.07) is 7.29. The van der Waals surface area contributed by atoms with Gasteiger partial charge in [0.15, 0.2) is 0 Å². The number of hydrogen-bond donors (Lipinski definition) is 0. The van der Waals surface area contributed by atoms with Gasteiger partial charge in [-0.2, -0.15) is 0 Å². The second-order valence-electron chi connectivity index (χ2n) is 5.18. The Morgan fingerprint density at radius 3 is 2.95 bits per heavy atom. The number of hydrogen-bond acceptors (Lipinski definition) is 3. The number of carbonyl (C=O) groups excluding carboxylic acids is 1. The standard InChI is InChI=1S/C15H21NO3/c1-12(2)11-18-14-7-5-6-13(10-14)15(17)16-8-3-4-9-19-16/h5-7,10,12H,3-4,8-9,11H2,1-2H3. The summed E-state index contributed by atoms with van der Waals surface area (Å²) in [6.07, 6.45) is 2.01. The van der Waals surface area contributed by atoms with E-state index >= 15 is 0 Å². The Bertz CT molecular complexity index is 425. The molecule has 0 spiro atoms. The fourth-order valence-electron chi connectivity index (χ4n) is 1.88. The van der Waals surface area contributed by atoms with E-state index in [1.165, 1.54) is 5.06 Å². The molecule has 1 aliphatic rings. The molecule has 1 aromatic carbocycles. The van der Waals surface area contributed by atoms with Gasteiger partial charge in [0.1, 0.15) is 5.75 Å². The van der Waals surface area contributed by atoms with E-state index < -0.39 is 0 Å². The van der Waals surface area contributed by atoms with Crippen molar-refractivity contribution in [3.63, 3.8) is 0 Å². The average Bonchev–Trinajstić information content (AvgIpc) is 2.45. The molecule has 1 aromatic rings. The van der Waals surface area contributed by atoms with Crippen LogP contribution in [0.25, 0.3) is 0 Å². The van der Waals surface area contributed by atoms with Crippen LogP contribution in [0.5, 0.6) is 5.75 Å². The molecule has 0 atom stereocenters. The molecule has 4 heteroatoms. The topological polar surface area (TPSA) is 38.8 Å². The van der Waals surface area contributed by atoms with Crippen LogP contribution in [0.2, 0.25) is 0 Å². The van der Waals surface area contributed by atoms with Gasteiger partial charge in [0.05, 0.1) is 13.2 Å². The molecule has 1 saturated heterocycles. The summed E-state index contributed by atoms with van der Waals surface area (Å²) in [5, 5.41) is 1.45. The van der Waals surface area contributed by atoms with Crippen molar-refractivity contribution in [2.45, 2.75) is 26.7 Å². The zero-order valence-electron chi connectivity index (χ0n) is 11.6. The van der Waals surface area contributed by atoms with Crippen molar-refractivity contribution in [1.29, 1.82) is 0 Å². The lowest BCUT2D eigenvalue weighted by atomic mass is 10.2. The molecule has 19 heavy (non-hydrogen) atoms. The van der Waals surface area contributed by atoms with Crippen LogP contribution in [-0.4, -0.2) is 30.7 Å². The van der Waals surface area contributed by atoms with Gasteiger partial charge in [-0.1, -0.05) is 19.9 Å². The van der Waals surface area contributed by atoms with Crippen LogP contribution < -0.4 is 4.74 Å². The third kappa shape index (κ3) is 3.96. The monoisotopic (exact) mass is 263 g/mol. The first-order valence-corrected chi connectivity index (χ1v) is 6.84. The molecule has 1 amide bonds. The van der Waals surface area contributed by atoms with E-state index in [0.717, 1.165) is 18.6 Å². The predicted molar refractivity (Wildman–Crippen MR) is 73.0 cm³/mol. The van der Waals surface area contributed by atoms with E-state index in [9.17, 15) is 4.79 Å². The van der Waals surface area contributed by atoms with E-state index in [1.54, 1.807) is 12.1 Å². The van der Waals surface area contributed by atoms with E-state index in [-0.39, 0.29) is 5.91 Å². The smallest absolute Gasteiger partial charge is 0.277 e. The van der Waals surface area contributed by atoms with E-state index in [4.69, 9.17) is 9.57 Å². The summed E-state index contributed by atoms with van der Waals surface area (Å²) in [5.74, 6) is 1.11. The van der Waals surface area contributed by atoms with Gasteiger partial charge in [-0.15, -0.1) is 0 Å². The van der Waals surface area contributed by atoms with Crippen molar-refractivity contribution >= 4 is 5.91 Å². The third-order valence-electron chi connectivity index (χ3n) is 2.89. The maximum absolute atomic E-state index is 12.2. The van der Waals surface area contributed by atoms with Gasteiger partial charge in [-0.25, -0.2) is 5.06 Å². The summed E-state index contributed by atoms with van der Waals surface area (Å²) in [6.45, 7) is 6.12. The van der Waals surface area contributed by atoms with Crippen molar-refractivity contribution in [2.75, 3.05) is 19.8 Å². The Balaban J connectivity index is 2.02. The number of rotatable bonds is 4. The number of ether oxygens (including phenoxy) is 1. The quantitative estimate of drug-likeness (QED) is 0.838. The van der Waals surface area contributed by atoms with Gasteiger partial charge >= 0.3 is 0 Å². The van der Waals surface area contributed by atoms with Crippen LogP contribution in [0.3, 0.4) is 0 Å². The van der Waals surface area contributed by atoms with Crippen LogP contribution in [-0.2, 0) is 4.84 Å². The Morgan fingerprint density at radius 1 is 1.42 bits per heavy atom. The number of hydroxylamine groups is 2. The molecule has 0 aromatic heterocycles. The normalized spacial score (nSPS) is 15.6. The SMILES string of the molecule is CC(C)COc1cccc(C(=O)N2CCCCO2)c1. The van der Waals surface area contributed by atoms with E-state index in [0.29, 0.717) is 31.2 Å². The highest BCUT2D eigenvalue weighted by Crippen LogP contribution is 2.17. The predicted octanol–water partition coefficient (Wildman–Crippen LogP) is 2.89. The first-order chi connectivity index (χ1) is 9.16. The fraction of sp³-hybridized carbons (Fsp3) is 0.533. The highest BCUT2D eigenvalue weighted by Gasteiger charge is 2.19. The fourth-order valence-corrected chi connectivity index (χ4v) is 1.88. The van der Waals surface area contributed by atoms with Crippen LogP contribution in [0, 0.1) is 5.92 Å². The molecule has 0 bridgehead atoms. The maximum Gasteiger partial charge on any atom is 0.277 e. The number of amides is 1. The Hall–Kier alpha value is -1.55. The lowest BCUT2D eigenvalue weighted by Gasteiger charge is -2.25. The summed E-state index contributed by atoms with van der Waals surface area (Å²) in [7, 11) is 0. The Kier molecular flexibility index (Phi) is 4.80. The van der Waals surface area contributed by atoms with Crippen LogP contribution in [0.15, 0.2) is 24.3 Å². The molecule has 0 aliphatic carbocycles. The third-order valence-corrected chi connectivity index (χ3v) is 2.89. The van der Waals surface area contributed by atoms with Crippen molar-refractivity contribution in [2.24, 2.45) is 5.92 Å². The first kappa shape index (κ1) is 13.9. The molecule has 0 unspecified atom stereocenters. The molecule has 0 radical (unpaired) electrons. The van der Waals surface area contributed by atoms with Crippen LogP contribution in [0.1, 0.15) is 37.0 Å². The van der Waals surface area contributed by atoms with Crippen molar-refractivity contribution in [1.82, 2.24) is 5.06 Å². The summed E-state index contributed by atoms with van der Waals surface area (Å²) in [5.41, 5.74) is 0.614. The number of nitrogens with zero attached hydrogens (tertiary/aromatic N) is 1. The minimum atomic E-state index is -0.0882. The molecule has 0 saturated carbocycles. The minimum Gasteiger partial charge on any atom is -0.493 e. The highest BCUT2D eigenvalue weighted by atomic mass is 16.7. The van der Waals surface area contributed by atoms with Gasteiger partial charge in [0.25, 0.3) is 5.91 Å². The molecular formula is C15H21NO3. The molecule has 4 nitrogen and oxygen atoms in total. The average molecular weight is 263 g/mol. The summed E-state index contributed by atoms with van der Waals surface area (Å²) >= 11 is 0. The van der Waals surface area contributed by atoms with Crippen molar-refractivity contribution < 1.29 is 14.4 Å². The lowest BCUT2D eigenvalue weighted by Crippen LogP contribution is -2.35. The summed E-state index contributed by atoms with van der Waals surface area (Å²) < 4.78 is 5.63. The van der Waals surface area contributed by atoms with Gasteiger partial charge in [-0.3, -0.25) is 9.63 Å². The molecule has 0 N–H and O–H groups in total. The summed E-state index contributed by atoms with van der Waals surface area (Å²) in [4.78, 5) is 17.6. The van der Waals surface area contributed by atoms with Crippen LogP contribution >= 0.6 is 0 Å². The van der Waals surface area contributed by atoms with Gasteiger partial charge in [0.2, 0.25) is 0 Å². The zero-order valence-corrected chi connectivity index (χ0v) is 11.6. The number of carbonyl (C=O) groups is 1. The van der Waals surface area contributed by atoms with Crippen molar-refractivity contribution in [3.05, 3.63) is 29.8 Å². The second-order valence-corrected chi connectivity index (χ2v) is 5.18. The van der Waals surface area contributed by atoms with Gasteiger partial charge in [0, 0.05) is 12.1 Å². The molecule has 1 heterocycles. The Morgan fingerprint density at radius 2 is 2.26 bits per heavy atom.